The fraction of sp³-hybridized carbons (Fsp3) is 0.0909. The minimum absolute atomic E-state index is 0.412. The number of pyridine rings is 2. The Morgan fingerprint density at radius 2 is 1.37 bits per heavy atom. The molecule has 0 radical (unpaired) electrons. The molecule has 49 heavy (non-hydrogen) atoms. The van der Waals surface area contributed by atoms with Crippen LogP contribution in [0.5, 0.6) is 0 Å². The maximum Gasteiger partial charge on any atom is 0.150 e. The molecule has 1 unspecified atom stereocenters. The molecule has 5 heteroatoms. The van der Waals surface area contributed by atoms with Gasteiger partial charge in [0.15, 0.2) is 6.17 Å². The average Bonchev–Trinajstić information content (AvgIpc) is 3.50. The molecule has 0 fully saturated rings. The maximum atomic E-state index is 16.6. The van der Waals surface area contributed by atoms with Gasteiger partial charge in [0.05, 0.1) is 28.1 Å². The largest absolute Gasteiger partial charge is 0.309 e. The number of hydrogen-bond donors (Lipinski definition) is 0. The highest BCUT2D eigenvalue weighted by Gasteiger charge is 2.40. The van der Waals surface area contributed by atoms with E-state index < -0.39 is 11.6 Å². The predicted molar refractivity (Wildman–Crippen MR) is 198 cm³/mol. The number of nitrogens with zero attached hydrogens (tertiary/aromatic N) is 4. The SMILES string of the molecule is CC1(C)c2ccc(C(F)c3cccc(-c4ccccn4)c3)cc2N(c2ccccn2)c2ccc3c(c21)c1ccccc1n3-c1ccccc1. The Hall–Kier alpha value is -6.07. The van der Waals surface area contributed by atoms with E-state index in [1.165, 1.54) is 16.3 Å². The van der Waals surface area contributed by atoms with Gasteiger partial charge < -0.3 is 4.57 Å². The molecule has 0 saturated heterocycles. The highest BCUT2D eigenvalue weighted by Crippen LogP contribution is 2.55. The Labute approximate surface area is 284 Å². The first kappa shape index (κ1) is 29.1. The van der Waals surface area contributed by atoms with Gasteiger partial charge in [0.25, 0.3) is 0 Å². The van der Waals surface area contributed by atoms with E-state index in [1.807, 2.05) is 79.0 Å². The lowest BCUT2D eigenvalue weighted by molar-refractivity contribution is 0.402. The summed E-state index contributed by atoms with van der Waals surface area (Å²) in [6, 6.07) is 49.1. The van der Waals surface area contributed by atoms with Crippen LogP contribution in [0.3, 0.4) is 0 Å². The fourth-order valence-corrected chi connectivity index (χ4v) is 7.72. The molecule has 4 heterocycles. The zero-order valence-electron chi connectivity index (χ0n) is 27.3. The number of rotatable bonds is 5. The summed E-state index contributed by atoms with van der Waals surface area (Å²) in [4.78, 5) is 11.5. The van der Waals surface area contributed by atoms with E-state index in [1.54, 1.807) is 6.20 Å². The number of anilines is 3. The fourth-order valence-electron chi connectivity index (χ4n) is 7.72. The van der Waals surface area contributed by atoms with E-state index >= 15 is 4.39 Å². The molecule has 1 atom stereocenters. The molecule has 0 saturated carbocycles. The normalized spacial score (nSPS) is 14.1. The molecule has 236 valence electrons. The molecule has 0 N–H and O–H groups in total. The third kappa shape index (κ3) is 4.57. The third-order valence-electron chi connectivity index (χ3n) is 9.94. The van der Waals surface area contributed by atoms with E-state index in [0.29, 0.717) is 11.1 Å². The number of benzene rings is 5. The molecule has 0 bridgehead atoms. The summed E-state index contributed by atoms with van der Waals surface area (Å²) in [6.45, 7) is 4.58. The summed E-state index contributed by atoms with van der Waals surface area (Å²) < 4.78 is 19.0. The topological polar surface area (TPSA) is 34.0 Å². The molecular formula is C44H33FN4. The number of hydrogen-bond acceptors (Lipinski definition) is 3. The van der Waals surface area contributed by atoms with Gasteiger partial charge in [-0.1, -0.05) is 92.7 Å². The molecule has 5 aromatic carbocycles. The highest BCUT2D eigenvalue weighted by atomic mass is 19.1. The van der Waals surface area contributed by atoms with E-state index in [-0.39, 0.29) is 0 Å². The molecule has 8 aromatic rings. The Kier molecular flexibility index (Phi) is 6.70. The van der Waals surface area contributed by atoms with Crippen molar-refractivity contribution in [3.8, 4) is 16.9 Å². The molecular weight excluding hydrogens is 604 g/mol. The van der Waals surface area contributed by atoms with Crippen molar-refractivity contribution in [2.24, 2.45) is 0 Å². The summed E-state index contributed by atoms with van der Waals surface area (Å²) in [6.07, 6.45) is 2.26. The number of aromatic nitrogens is 3. The van der Waals surface area contributed by atoms with Crippen LogP contribution in [0, 0.1) is 0 Å². The molecule has 3 aromatic heterocycles. The van der Waals surface area contributed by atoms with Crippen molar-refractivity contribution in [3.05, 3.63) is 180 Å². The van der Waals surface area contributed by atoms with Crippen LogP contribution < -0.4 is 4.90 Å². The quantitative estimate of drug-likeness (QED) is 0.188. The second-order valence-corrected chi connectivity index (χ2v) is 13.2. The molecule has 0 amide bonds. The third-order valence-corrected chi connectivity index (χ3v) is 9.94. The molecule has 1 aliphatic rings. The van der Waals surface area contributed by atoms with Gasteiger partial charge in [-0.2, -0.15) is 0 Å². The Balaban J connectivity index is 1.26. The van der Waals surface area contributed by atoms with Gasteiger partial charge in [0.2, 0.25) is 0 Å². The van der Waals surface area contributed by atoms with Crippen LogP contribution in [0.4, 0.5) is 21.6 Å². The van der Waals surface area contributed by atoms with E-state index in [0.717, 1.165) is 50.7 Å². The van der Waals surface area contributed by atoms with Gasteiger partial charge in [-0.25, -0.2) is 9.37 Å². The van der Waals surface area contributed by atoms with Crippen molar-refractivity contribution in [2.45, 2.75) is 25.4 Å². The lowest BCUT2D eigenvalue weighted by Crippen LogP contribution is -2.31. The molecule has 1 aliphatic heterocycles. The van der Waals surface area contributed by atoms with E-state index in [2.05, 4.69) is 101 Å². The Morgan fingerprint density at radius 1 is 0.612 bits per heavy atom. The predicted octanol–water partition coefficient (Wildman–Crippen LogP) is 11.4. The first-order chi connectivity index (χ1) is 24.0. The number of halogens is 1. The Morgan fingerprint density at radius 3 is 2.16 bits per heavy atom. The first-order valence-electron chi connectivity index (χ1n) is 16.6. The zero-order chi connectivity index (χ0) is 33.1. The van der Waals surface area contributed by atoms with Crippen LogP contribution in [0.1, 0.15) is 42.3 Å². The second kappa shape index (κ2) is 11.3. The lowest BCUT2D eigenvalue weighted by atomic mass is 9.71. The average molecular weight is 637 g/mol. The van der Waals surface area contributed by atoms with Crippen molar-refractivity contribution in [2.75, 3.05) is 4.90 Å². The van der Waals surface area contributed by atoms with E-state index in [9.17, 15) is 0 Å². The van der Waals surface area contributed by atoms with Gasteiger partial charge in [0, 0.05) is 39.8 Å². The van der Waals surface area contributed by atoms with Gasteiger partial charge >= 0.3 is 0 Å². The highest BCUT2D eigenvalue weighted by molar-refractivity contribution is 6.14. The monoisotopic (exact) mass is 636 g/mol. The Bertz CT molecular complexity index is 2490. The van der Waals surface area contributed by atoms with Gasteiger partial charge in [-0.05, 0) is 89.0 Å². The minimum Gasteiger partial charge on any atom is -0.309 e. The van der Waals surface area contributed by atoms with Gasteiger partial charge in [0.1, 0.15) is 5.82 Å². The van der Waals surface area contributed by atoms with E-state index in [4.69, 9.17) is 4.98 Å². The van der Waals surface area contributed by atoms with Crippen LogP contribution in [0.15, 0.2) is 158 Å². The summed E-state index contributed by atoms with van der Waals surface area (Å²) in [5.74, 6) is 0.788. The van der Waals surface area contributed by atoms with Crippen molar-refractivity contribution < 1.29 is 4.39 Å². The minimum atomic E-state index is -1.32. The molecule has 9 rings (SSSR count). The van der Waals surface area contributed by atoms with Crippen molar-refractivity contribution in [1.82, 2.24) is 14.5 Å². The van der Waals surface area contributed by atoms with Crippen LogP contribution in [0.2, 0.25) is 0 Å². The lowest BCUT2D eigenvalue weighted by Gasteiger charge is -2.42. The van der Waals surface area contributed by atoms with Gasteiger partial charge in [-0.15, -0.1) is 0 Å². The first-order valence-corrected chi connectivity index (χ1v) is 16.6. The standard InChI is InChI=1S/C44H33FN4/c1-44(2)34-22-21-31(43(45)30-14-12-13-29(27-30)35-18-8-10-25-46-35)28-39(34)49(40-20-9-11-26-47-40)38-24-23-37-41(42(38)44)33-17-6-7-19-36(33)48(37)32-15-4-3-5-16-32/h3-28,43H,1-2H3. The van der Waals surface area contributed by atoms with Crippen LogP contribution in [-0.2, 0) is 5.41 Å². The smallest absolute Gasteiger partial charge is 0.150 e. The summed E-state index contributed by atoms with van der Waals surface area (Å²) in [7, 11) is 0. The summed E-state index contributed by atoms with van der Waals surface area (Å²) in [5.41, 5.74) is 10.2. The summed E-state index contributed by atoms with van der Waals surface area (Å²) in [5, 5.41) is 2.41. The van der Waals surface area contributed by atoms with Crippen molar-refractivity contribution in [1.29, 1.82) is 0 Å². The number of fused-ring (bicyclic) bond motifs is 6. The zero-order valence-corrected chi connectivity index (χ0v) is 27.3. The second-order valence-electron chi connectivity index (χ2n) is 13.2. The maximum absolute atomic E-state index is 16.6. The number of alkyl halides is 1. The van der Waals surface area contributed by atoms with Crippen molar-refractivity contribution in [3.63, 3.8) is 0 Å². The molecule has 0 aliphatic carbocycles. The van der Waals surface area contributed by atoms with Crippen molar-refractivity contribution >= 4 is 39.0 Å². The number of para-hydroxylation sites is 2. The van der Waals surface area contributed by atoms with Crippen LogP contribution in [-0.4, -0.2) is 14.5 Å². The van der Waals surface area contributed by atoms with Gasteiger partial charge in [-0.3, -0.25) is 9.88 Å². The molecule has 0 spiro atoms. The van der Waals surface area contributed by atoms with Crippen LogP contribution in [0.25, 0.3) is 38.8 Å². The molecule has 4 nitrogen and oxygen atoms in total. The van der Waals surface area contributed by atoms with Crippen LogP contribution >= 0.6 is 0 Å². The summed E-state index contributed by atoms with van der Waals surface area (Å²) >= 11 is 0.